The number of rotatable bonds is 5. The molecule has 3 rings (SSSR count). The summed E-state index contributed by atoms with van der Waals surface area (Å²) in [6, 6.07) is 0.632. The van der Waals surface area contributed by atoms with Gasteiger partial charge in [-0.05, 0) is 38.6 Å². The molecule has 2 aliphatic rings. The first-order valence-corrected chi connectivity index (χ1v) is 8.22. The van der Waals surface area contributed by atoms with Crippen molar-refractivity contribution < 1.29 is 5.11 Å². The number of imidazole rings is 1. The van der Waals surface area contributed by atoms with Gasteiger partial charge in [-0.15, -0.1) is 0 Å². The fraction of sp³-hybridized carbons (Fsp3) is 0.812. The Morgan fingerprint density at radius 1 is 1.10 bits per heavy atom. The minimum atomic E-state index is -0.0528. The Labute approximate surface area is 121 Å². The van der Waals surface area contributed by atoms with Gasteiger partial charge in [0.15, 0.2) is 0 Å². The Bertz CT molecular complexity index is 392. The van der Waals surface area contributed by atoms with Gasteiger partial charge in [-0.2, -0.15) is 0 Å². The molecule has 20 heavy (non-hydrogen) atoms. The van der Waals surface area contributed by atoms with Crippen LogP contribution in [0.3, 0.4) is 0 Å². The van der Waals surface area contributed by atoms with E-state index in [-0.39, 0.29) is 6.10 Å². The van der Waals surface area contributed by atoms with Gasteiger partial charge in [0.1, 0.15) is 0 Å². The second kappa shape index (κ2) is 6.72. The molecule has 3 unspecified atom stereocenters. The zero-order valence-electron chi connectivity index (χ0n) is 12.3. The van der Waals surface area contributed by atoms with Gasteiger partial charge in [0.2, 0.25) is 0 Å². The molecule has 2 heterocycles. The molecule has 1 aliphatic carbocycles. The molecule has 4 nitrogen and oxygen atoms in total. The molecule has 0 spiro atoms. The largest absolute Gasteiger partial charge is 0.393 e. The predicted octanol–water partition coefficient (Wildman–Crippen LogP) is 2.29. The van der Waals surface area contributed by atoms with Crippen LogP contribution in [-0.2, 0) is 6.54 Å². The van der Waals surface area contributed by atoms with Crippen LogP contribution in [0.4, 0.5) is 0 Å². The minimum Gasteiger partial charge on any atom is -0.393 e. The van der Waals surface area contributed by atoms with Crippen LogP contribution in [-0.4, -0.2) is 44.8 Å². The summed E-state index contributed by atoms with van der Waals surface area (Å²) in [6.07, 6.45) is 14.3. The zero-order valence-corrected chi connectivity index (χ0v) is 12.3. The Morgan fingerprint density at radius 3 is 2.80 bits per heavy atom. The molecule has 2 fully saturated rings. The SMILES string of the molecule is OC1CCCCC1C1CCCN1CCCn1ccnc1. The molecule has 0 bridgehead atoms. The van der Waals surface area contributed by atoms with Gasteiger partial charge in [0, 0.05) is 37.4 Å². The van der Waals surface area contributed by atoms with Crippen molar-refractivity contribution in [3.05, 3.63) is 18.7 Å². The number of aromatic nitrogens is 2. The molecule has 0 amide bonds. The van der Waals surface area contributed by atoms with E-state index >= 15 is 0 Å². The predicted molar refractivity (Wildman–Crippen MR) is 79.4 cm³/mol. The van der Waals surface area contributed by atoms with Crippen LogP contribution in [0.15, 0.2) is 18.7 Å². The van der Waals surface area contributed by atoms with Gasteiger partial charge in [-0.3, -0.25) is 4.90 Å². The summed E-state index contributed by atoms with van der Waals surface area (Å²) in [5.41, 5.74) is 0. The number of likely N-dealkylation sites (tertiary alicyclic amines) is 1. The summed E-state index contributed by atoms with van der Waals surface area (Å²) in [4.78, 5) is 6.72. The highest BCUT2D eigenvalue weighted by Gasteiger charge is 2.36. The molecule has 1 aliphatic heterocycles. The molecule has 1 N–H and O–H groups in total. The zero-order chi connectivity index (χ0) is 13.8. The van der Waals surface area contributed by atoms with E-state index in [1.807, 2.05) is 18.7 Å². The van der Waals surface area contributed by atoms with Gasteiger partial charge >= 0.3 is 0 Å². The summed E-state index contributed by atoms with van der Waals surface area (Å²) in [6.45, 7) is 3.43. The lowest BCUT2D eigenvalue weighted by molar-refractivity contribution is 0.0217. The van der Waals surface area contributed by atoms with Crippen molar-refractivity contribution in [1.29, 1.82) is 0 Å². The van der Waals surface area contributed by atoms with Crippen LogP contribution >= 0.6 is 0 Å². The van der Waals surface area contributed by atoms with Crippen LogP contribution < -0.4 is 0 Å². The number of aryl methyl sites for hydroxylation is 1. The quantitative estimate of drug-likeness (QED) is 0.898. The molecule has 0 aromatic carbocycles. The molecule has 1 aromatic heterocycles. The van der Waals surface area contributed by atoms with Crippen molar-refractivity contribution in [2.75, 3.05) is 13.1 Å². The standard InChI is InChI=1S/C16H27N3O/c20-16-7-2-1-5-14(16)15-6-3-10-19(15)11-4-9-18-12-8-17-13-18/h8,12-16,20H,1-7,9-11H2. The summed E-state index contributed by atoms with van der Waals surface area (Å²) in [7, 11) is 0. The lowest BCUT2D eigenvalue weighted by atomic mass is 9.80. The number of hydrogen-bond acceptors (Lipinski definition) is 3. The Kier molecular flexibility index (Phi) is 4.73. The van der Waals surface area contributed by atoms with E-state index in [2.05, 4.69) is 14.5 Å². The monoisotopic (exact) mass is 277 g/mol. The van der Waals surface area contributed by atoms with Crippen LogP contribution in [0.25, 0.3) is 0 Å². The number of nitrogens with zero attached hydrogens (tertiary/aromatic N) is 3. The maximum atomic E-state index is 10.3. The van der Waals surface area contributed by atoms with Crippen molar-refractivity contribution >= 4 is 0 Å². The third-order valence-electron chi connectivity index (χ3n) is 5.11. The lowest BCUT2D eigenvalue weighted by Gasteiger charge is -2.37. The molecule has 112 valence electrons. The summed E-state index contributed by atoms with van der Waals surface area (Å²) < 4.78 is 2.15. The number of aliphatic hydroxyl groups is 1. The van der Waals surface area contributed by atoms with E-state index in [9.17, 15) is 5.11 Å². The maximum absolute atomic E-state index is 10.3. The topological polar surface area (TPSA) is 41.3 Å². The highest BCUT2D eigenvalue weighted by molar-refractivity contribution is 4.90. The van der Waals surface area contributed by atoms with Crippen molar-refractivity contribution in [2.45, 2.75) is 63.6 Å². The summed E-state index contributed by atoms with van der Waals surface area (Å²) in [5.74, 6) is 0.527. The van der Waals surface area contributed by atoms with Crippen molar-refractivity contribution in [3.8, 4) is 0 Å². The van der Waals surface area contributed by atoms with Crippen molar-refractivity contribution in [3.63, 3.8) is 0 Å². The van der Waals surface area contributed by atoms with E-state index in [1.54, 1.807) is 0 Å². The maximum Gasteiger partial charge on any atom is 0.0945 e. The highest BCUT2D eigenvalue weighted by atomic mass is 16.3. The van der Waals surface area contributed by atoms with E-state index in [0.29, 0.717) is 12.0 Å². The van der Waals surface area contributed by atoms with Crippen LogP contribution in [0.2, 0.25) is 0 Å². The average Bonchev–Trinajstić information content (AvgIpc) is 3.11. The van der Waals surface area contributed by atoms with Gasteiger partial charge in [-0.1, -0.05) is 12.8 Å². The Hall–Kier alpha value is -0.870. The number of hydrogen-bond donors (Lipinski definition) is 1. The van der Waals surface area contributed by atoms with Crippen molar-refractivity contribution in [2.24, 2.45) is 5.92 Å². The third-order valence-corrected chi connectivity index (χ3v) is 5.11. The molecule has 4 heteroatoms. The van der Waals surface area contributed by atoms with E-state index < -0.39 is 0 Å². The van der Waals surface area contributed by atoms with Gasteiger partial charge in [0.25, 0.3) is 0 Å². The van der Waals surface area contributed by atoms with Crippen LogP contribution in [0.5, 0.6) is 0 Å². The second-order valence-corrected chi connectivity index (χ2v) is 6.42. The van der Waals surface area contributed by atoms with E-state index in [4.69, 9.17) is 0 Å². The Morgan fingerprint density at radius 2 is 2.00 bits per heavy atom. The summed E-state index contributed by atoms with van der Waals surface area (Å²) >= 11 is 0. The first-order valence-electron chi connectivity index (χ1n) is 8.22. The molecule has 0 radical (unpaired) electrons. The van der Waals surface area contributed by atoms with Crippen LogP contribution in [0, 0.1) is 5.92 Å². The summed E-state index contributed by atoms with van der Waals surface area (Å²) in [5, 5.41) is 10.3. The average molecular weight is 277 g/mol. The van der Waals surface area contributed by atoms with Crippen molar-refractivity contribution in [1.82, 2.24) is 14.5 Å². The lowest BCUT2D eigenvalue weighted by Crippen LogP contribution is -2.43. The first-order chi connectivity index (χ1) is 9.84. The second-order valence-electron chi connectivity index (χ2n) is 6.42. The fourth-order valence-electron chi connectivity index (χ4n) is 4.08. The highest BCUT2D eigenvalue weighted by Crippen LogP contribution is 2.34. The first kappa shape index (κ1) is 14.1. The fourth-order valence-corrected chi connectivity index (χ4v) is 4.08. The normalized spacial score (nSPS) is 31.8. The molecular weight excluding hydrogens is 250 g/mol. The minimum absolute atomic E-state index is 0.0528. The molecule has 1 aromatic rings. The van der Waals surface area contributed by atoms with Gasteiger partial charge in [-0.25, -0.2) is 4.98 Å². The Balaban J connectivity index is 1.50. The third kappa shape index (κ3) is 3.23. The van der Waals surface area contributed by atoms with E-state index in [1.165, 1.54) is 45.1 Å². The van der Waals surface area contributed by atoms with Gasteiger partial charge in [0.05, 0.1) is 12.4 Å². The number of aliphatic hydroxyl groups excluding tert-OH is 1. The molecular formula is C16H27N3O. The van der Waals surface area contributed by atoms with Gasteiger partial charge < -0.3 is 9.67 Å². The molecule has 1 saturated carbocycles. The molecule has 1 saturated heterocycles. The van der Waals surface area contributed by atoms with Crippen LogP contribution in [0.1, 0.15) is 44.9 Å². The smallest absolute Gasteiger partial charge is 0.0945 e. The van der Waals surface area contributed by atoms with E-state index in [0.717, 1.165) is 19.5 Å². The molecule has 3 atom stereocenters.